The molecule has 0 amide bonds. The number of aliphatic hydroxyl groups excluding tert-OH is 1. The van der Waals surface area contributed by atoms with E-state index < -0.39 is 5.97 Å². The molecule has 0 radical (unpaired) electrons. The monoisotopic (exact) mass is 265 g/mol. The molecule has 0 spiro atoms. The number of carboxylic acid groups (broad SMARTS) is 1. The van der Waals surface area contributed by atoms with Crippen molar-refractivity contribution in [2.45, 2.75) is 38.1 Å². The molecule has 104 valence electrons. The van der Waals surface area contributed by atoms with Crippen molar-refractivity contribution in [1.82, 2.24) is 9.97 Å². The second kappa shape index (κ2) is 6.47. The minimum atomic E-state index is -1.08. The maximum Gasteiger partial charge on any atom is 0.356 e. The number of nitrogens with zero attached hydrogens (tertiary/aromatic N) is 3. The number of carbonyl (C=O) groups is 1. The van der Waals surface area contributed by atoms with Crippen LogP contribution in [-0.4, -0.2) is 45.3 Å². The van der Waals surface area contributed by atoms with Gasteiger partial charge in [-0.25, -0.2) is 9.78 Å². The second-order valence-electron chi connectivity index (χ2n) is 4.78. The van der Waals surface area contributed by atoms with E-state index in [9.17, 15) is 9.90 Å². The van der Waals surface area contributed by atoms with E-state index in [1.807, 2.05) is 4.90 Å². The van der Waals surface area contributed by atoms with Crippen molar-refractivity contribution in [2.75, 3.05) is 18.1 Å². The third-order valence-corrected chi connectivity index (χ3v) is 3.49. The lowest BCUT2D eigenvalue weighted by Crippen LogP contribution is -2.39. The fourth-order valence-corrected chi connectivity index (χ4v) is 2.58. The van der Waals surface area contributed by atoms with Gasteiger partial charge in [-0.2, -0.15) is 0 Å². The van der Waals surface area contributed by atoms with Gasteiger partial charge in [0.15, 0.2) is 5.69 Å². The second-order valence-corrected chi connectivity index (χ2v) is 4.78. The van der Waals surface area contributed by atoms with Crippen molar-refractivity contribution < 1.29 is 15.0 Å². The molecule has 0 unspecified atom stereocenters. The summed E-state index contributed by atoms with van der Waals surface area (Å²) in [6.07, 6.45) is 8.49. The number of carboxylic acids is 1. The normalized spacial score (nSPS) is 16.3. The topological polar surface area (TPSA) is 86.5 Å². The minimum Gasteiger partial charge on any atom is -0.476 e. The quantitative estimate of drug-likeness (QED) is 0.834. The fraction of sp³-hybridized carbons (Fsp3) is 0.615. The number of aliphatic hydroxyl groups is 1. The SMILES string of the molecule is O=C(O)c1cncc(N(CCO)C2CCCCC2)n1. The highest BCUT2D eigenvalue weighted by molar-refractivity contribution is 5.85. The molecule has 0 bridgehead atoms. The molecular weight excluding hydrogens is 246 g/mol. The Balaban J connectivity index is 2.22. The number of aromatic nitrogens is 2. The van der Waals surface area contributed by atoms with Gasteiger partial charge in [0.25, 0.3) is 0 Å². The van der Waals surface area contributed by atoms with Crippen LogP contribution in [0.4, 0.5) is 5.82 Å². The number of rotatable bonds is 5. The molecule has 0 saturated heterocycles. The fourth-order valence-electron chi connectivity index (χ4n) is 2.58. The molecule has 2 N–H and O–H groups in total. The van der Waals surface area contributed by atoms with Crippen LogP contribution in [0.15, 0.2) is 12.4 Å². The molecule has 1 saturated carbocycles. The van der Waals surface area contributed by atoms with E-state index in [0.29, 0.717) is 18.4 Å². The first-order valence-corrected chi connectivity index (χ1v) is 6.65. The Morgan fingerprint density at radius 2 is 2.05 bits per heavy atom. The van der Waals surface area contributed by atoms with Crippen LogP contribution in [0.1, 0.15) is 42.6 Å². The van der Waals surface area contributed by atoms with Crippen molar-refractivity contribution in [2.24, 2.45) is 0 Å². The van der Waals surface area contributed by atoms with Crippen LogP contribution in [0.5, 0.6) is 0 Å². The predicted molar refractivity (Wildman–Crippen MR) is 70.3 cm³/mol. The molecule has 2 rings (SSSR count). The molecule has 1 fully saturated rings. The van der Waals surface area contributed by atoms with E-state index in [1.165, 1.54) is 25.5 Å². The van der Waals surface area contributed by atoms with Crippen molar-refractivity contribution in [1.29, 1.82) is 0 Å². The van der Waals surface area contributed by atoms with Crippen molar-refractivity contribution >= 4 is 11.8 Å². The van der Waals surface area contributed by atoms with Crippen LogP contribution in [0.2, 0.25) is 0 Å². The first-order chi connectivity index (χ1) is 9.22. The molecule has 0 aliphatic heterocycles. The summed E-state index contributed by atoms with van der Waals surface area (Å²) in [4.78, 5) is 21.0. The van der Waals surface area contributed by atoms with Crippen LogP contribution in [-0.2, 0) is 0 Å². The first kappa shape index (κ1) is 13.7. The molecule has 0 atom stereocenters. The Bertz CT molecular complexity index is 433. The molecule has 1 aliphatic carbocycles. The summed E-state index contributed by atoms with van der Waals surface area (Å²) in [5.74, 6) is -0.539. The molecule has 0 aromatic carbocycles. The zero-order valence-electron chi connectivity index (χ0n) is 10.8. The highest BCUT2D eigenvalue weighted by Crippen LogP contribution is 2.25. The van der Waals surface area contributed by atoms with Gasteiger partial charge in [-0.3, -0.25) is 4.98 Å². The van der Waals surface area contributed by atoms with Crippen LogP contribution < -0.4 is 4.90 Å². The zero-order valence-corrected chi connectivity index (χ0v) is 10.8. The molecule has 19 heavy (non-hydrogen) atoms. The van der Waals surface area contributed by atoms with Crippen LogP contribution in [0.3, 0.4) is 0 Å². The lowest BCUT2D eigenvalue weighted by molar-refractivity contribution is 0.0690. The number of hydrogen-bond donors (Lipinski definition) is 2. The minimum absolute atomic E-state index is 0.0233. The van der Waals surface area contributed by atoms with E-state index in [2.05, 4.69) is 9.97 Å². The average Bonchev–Trinajstić information content (AvgIpc) is 2.46. The number of hydrogen-bond acceptors (Lipinski definition) is 5. The van der Waals surface area contributed by atoms with E-state index >= 15 is 0 Å². The molecular formula is C13H19N3O3. The summed E-state index contributed by atoms with van der Waals surface area (Å²) in [7, 11) is 0. The lowest BCUT2D eigenvalue weighted by Gasteiger charge is -2.34. The van der Waals surface area contributed by atoms with Gasteiger partial charge in [-0.15, -0.1) is 0 Å². The summed E-state index contributed by atoms with van der Waals surface area (Å²) in [6.45, 7) is 0.484. The first-order valence-electron chi connectivity index (χ1n) is 6.65. The third kappa shape index (κ3) is 3.41. The van der Waals surface area contributed by atoms with Crippen LogP contribution in [0.25, 0.3) is 0 Å². The van der Waals surface area contributed by atoms with E-state index in [0.717, 1.165) is 12.8 Å². The van der Waals surface area contributed by atoms with Gasteiger partial charge < -0.3 is 15.1 Å². The zero-order chi connectivity index (χ0) is 13.7. The summed E-state index contributed by atoms with van der Waals surface area (Å²) in [6, 6.07) is 0.319. The maximum atomic E-state index is 10.9. The molecule has 1 heterocycles. The summed E-state index contributed by atoms with van der Waals surface area (Å²) >= 11 is 0. The molecule has 1 aliphatic rings. The van der Waals surface area contributed by atoms with Gasteiger partial charge in [0.1, 0.15) is 5.82 Å². The van der Waals surface area contributed by atoms with Crippen molar-refractivity contribution in [3.8, 4) is 0 Å². The smallest absolute Gasteiger partial charge is 0.356 e. The molecule has 1 aromatic heterocycles. The Morgan fingerprint density at radius 1 is 1.32 bits per heavy atom. The van der Waals surface area contributed by atoms with Crippen molar-refractivity contribution in [3.63, 3.8) is 0 Å². The predicted octanol–water partition coefficient (Wildman–Crippen LogP) is 1.31. The van der Waals surface area contributed by atoms with Gasteiger partial charge in [-0.1, -0.05) is 19.3 Å². The van der Waals surface area contributed by atoms with Gasteiger partial charge in [0.05, 0.1) is 19.0 Å². The highest BCUT2D eigenvalue weighted by atomic mass is 16.4. The molecule has 1 aromatic rings. The van der Waals surface area contributed by atoms with Crippen LogP contribution >= 0.6 is 0 Å². The Kier molecular flexibility index (Phi) is 4.68. The molecule has 6 nitrogen and oxygen atoms in total. The number of anilines is 1. The van der Waals surface area contributed by atoms with Crippen LogP contribution in [0, 0.1) is 0 Å². The Morgan fingerprint density at radius 3 is 2.68 bits per heavy atom. The largest absolute Gasteiger partial charge is 0.476 e. The lowest BCUT2D eigenvalue weighted by atomic mass is 9.94. The van der Waals surface area contributed by atoms with Gasteiger partial charge in [-0.05, 0) is 12.8 Å². The third-order valence-electron chi connectivity index (χ3n) is 3.49. The number of aromatic carboxylic acids is 1. The maximum absolute atomic E-state index is 10.9. The van der Waals surface area contributed by atoms with E-state index in [1.54, 1.807) is 6.20 Å². The summed E-state index contributed by atoms with van der Waals surface area (Å²) in [5.41, 5.74) is -0.0590. The Labute approximate surface area is 112 Å². The van der Waals surface area contributed by atoms with Gasteiger partial charge in [0, 0.05) is 12.6 Å². The highest BCUT2D eigenvalue weighted by Gasteiger charge is 2.22. The van der Waals surface area contributed by atoms with Gasteiger partial charge in [0.2, 0.25) is 0 Å². The average molecular weight is 265 g/mol. The standard InChI is InChI=1S/C13H19N3O3/c17-7-6-16(10-4-2-1-3-5-10)12-9-14-8-11(15-12)13(18)19/h8-10,17H,1-7H2,(H,18,19). The van der Waals surface area contributed by atoms with E-state index in [-0.39, 0.29) is 12.3 Å². The molecule has 6 heteroatoms. The van der Waals surface area contributed by atoms with E-state index in [4.69, 9.17) is 5.11 Å². The summed E-state index contributed by atoms with van der Waals surface area (Å²) in [5, 5.41) is 18.2. The Hall–Kier alpha value is -1.69. The van der Waals surface area contributed by atoms with Crippen molar-refractivity contribution in [3.05, 3.63) is 18.1 Å². The summed E-state index contributed by atoms with van der Waals surface area (Å²) < 4.78 is 0. The van der Waals surface area contributed by atoms with Gasteiger partial charge >= 0.3 is 5.97 Å².